The summed E-state index contributed by atoms with van der Waals surface area (Å²) in [5.74, 6) is 0. The average molecular weight is 208 g/mol. The molecule has 0 saturated heterocycles. The van der Waals surface area contributed by atoms with E-state index in [1.54, 1.807) is 12.1 Å². The van der Waals surface area contributed by atoms with Crippen molar-refractivity contribution in [1.29, 1.82) is 0 Å². The molecule has 70 valence electrons. The van der Waals surface area contributed by atoms with Crippen LogP contribution in [0.5, 0.6) is 0 Å². The van der Waals surface area contributed by atoms with E-state index < -0.39 is 0 Å². The second-order valence-corrected chi connectivity index (χ2v) is 3.01. The molecule has 0 aliphatic heterocycles. The highest BCUT2D eigenvalue weighted by Gasteiger charge is 1.98. The highest BCUT2D eigenvalue weighted by molar-refractivity contribution is 6.29. The Morgan fingerprint density at radius 2 is 2.14 bits per heavy atom. The monoisotopic (exact) mass is 207 g/mol. The lowest BCUT2D eigenvalue weighted by molar-refractivity contribution is 0.928. The Balaban J connectivity index is 2.56. The van der Waals surface area contributed by atoms with Crippen LogP contribution >= 0.6 is 11.6 Å². The van der Waals surface area contributed by atoms with Crippen molar-refractivity contribution in [2.75, 3.05) is 0 Å². The van der Waals surface area contributed by atoms with Crippen molar-refractivity contribution in [3.05, 3.63) is 52.4 Å². The zero-order chi connectivity index (χ0) is 9.97. The first-order valence-electron chi connectivity index (χ1n) is 3.92. The fraction of sp³-hybridized carbons (Fsp3) is 0. The van der Waals surface area contributed by atoms with Gasteiger partial charge in [0.05, 0.1) is 11.9 Å². The molecule has 0 N–H and O–H groups in total. The molecule has 4 nitrogen and oxygen atoms in total. The van der Waals surface area contributed by atoms with Gasteiger partial charge in [-0.1, -0.05) is 11.6 Å². The second kappa shape index (κ2) is 3.59. The molecule has 2 aromatic heterocycles. The van der Waals surface area contributed by atoms with E-state index in [1.165, 1.54) is 29.4 Å². The third-order valence-corrected chi connectivity index (χ3v) is 1.94. The lowest BCUT2D eigenvalue weighted by Gasteiger charge is -2.02. The smallest absolute Gasteiger partial charge is 0.257 e. The standard InChI is InChI=1S/C9H6ClN3O/c10-8-2-1-7(5-12-8)13-6-11-4-3-9(13)14/h1-6H. The van der Waals surface area contributed by atoms with Crippen LogP contribution in [-0.4, -0.2) is 14.5 Å². The average Bonchev–Trinajstić information content (AvgIpc) is 2.20. The van der Waals surface area contributed by atoms with Gasteiger partial charge in [-0.25, -0.2) is 9.97 Å². The van der Waals surface area contributed by atoms with Crippen molar-refractivity contribution in [2.45, 2.75) is 0 Å². The number of hydrogen-bond donors (Lipinski definition) is 0. The Labute approximate surface area is 84.8 Å². The predicted octanol–water partition coefficient (Wildman–Crippen LogP) is 1.28. The summed E-state index contributed by atoms with van der Waals surface area (Å²) in [6.45, 7) is 0. The van der Waals surface area contributed by atoms with Gasteiger partial charge in [-0.05, 0) is 12.1 Å². The van der Waals surface area contributed by atoms with E-state index in [1.807, 2.05) is 0 Å². The maximum atomic E-state index is 11.4. The zero-order valence-corrected chi connectivity index (χ0v) is 7.85. The van der Waals surface area contributed by atoms with Crippen LogP contribution < -0.4 is 5.56 Å². The van der Waals surface area contributed by atoms with Crippen LogP contribution in [-0.2, 0) is 0 Å². The number of halogens is 1. The van der Waals surface area contributed by atoms with Crippen LogP contribution in [0.4, 0.5) is 0 Å². The van der Waals surface area contributed by atoms with Crippen LogP contribution in [0, 0.1) is 0 Å². The van der Waals surface area contributed by atoms with Gasteiger partial charge < -0.3 is 0 Å². The fourth-order valence-corrected chi connectivity index (χ4v) is 1.17. The molecule has 0 aliphatic carbocycles. The fourth-order valence-electron chi connectivity index (χ4n) is 1.05. The molecule has 2 rings (SSSR count). The molecule has 5 heteroatoms. The lowest BCUT2D eigenvalue weighted by atomic mass is 10.4. The maximum absolute atomic E-state index is 11.4. The predicted molar refractivity (Wildman–Crippen MR) is 52.6 cm³/mol. The van der Waals surface area contributed by atoms with Gasteiger partial charge in [0.25, 0.3) is 5.56 Å². The van der Waals surface area contributed by atoms with Crippen molar-refractivity contribution < 1.29 is 0 Å². The summed E-state index contributed by atoms with van der Waals surface area (Å²) >= 11 is 5.62. The van der Waals surface area contributed by atoms with Gasteiger partial charge in [0.2, 0.25) is 0 Å². The number of nitrogens with zero attached hydrogens (tertiary/aromatic N) is 3. The largest absolute Gasteiger partial charge is 0.269 e. The Hall–Kier alpha value is -1.68. The first kappa shape index (κ1) is 8.90. The Morgan fingerprint density at radius 1 is 1.29 bits per heavy atom. The quantitative estimate of drug-likeness (QED) is 0.662. The van der Waals surface area contributed by atoms with Crippen molar-refractivity contribution in [2.24, 2.45) is 0 Å². The lowest BCUT2D eigenvalue weighted by Crippen LogP contribution is -2.16. The summed E-state index contributed by atoms with van der Waals surface area (Å²) in [5.41, 5.74) is 0.497. The van der Waals surface area contributed by atoms with Crippen molar-refractivity contribution >= 4 is 11.6 Å². The molecule has 0 saturated carbocycles. The van der Waals surface area contributed by atoms with E-state index in [0.717, 1.165) is 0 Å². The summed E-state index contributed by atoms with van der Waals surface area (Å²) in [7, 11) is 0. The second-order valence-electron chi connectivity index (χ2n) is 2.63. The van der Waals surface area contributed by atoms with Crippen LogP contribution in [0.25, 0.3) is 5.69 Å². The maximum Gasteiger partial charge on any atom is 0.257 e. The molecular formula is C9H6ClN3O. The summed E-state index contributed by atoms with van der Waals surface area (Å²) in [6, 6.07) is 4.71. The molecule has 0 bridgehead atoms. The third-order valence-electron chi connectivity index (χ3n) is 1.71. The number of aromatic nitrogens is 3. The number of hydrogen-bond acceptors (Lipinski definition) is 3. The van der Waals surface area contributed by atoms with Crippen molar-refractivity contribution in [1.82, 2.24) is 14.5 Å². The topological polar surface area (TPSA) is 47.8 Å². The van der Waals surface area contributed by atoms with Gasteiger partial charge in [-0.3, -0.25) is 9.36 Å². The number of pyridine rings is 1. The molecule has 0 aromatic carbocycles. The highest BCUT2D eigenvalue weighted by Crippen LogP contribution is 2.07. The molecule has 0 atom stereocenters. The first-order valence-corrected chi connectivity index (χ1v) is 4.30. The van der Waals surface area contributed by atoms with Crippen LogP contribution in [0.3, 0.4) is 0 Å². The minimum absolute atomic E-state index is 0.149. The summed E-state index contributed by atoms with van der Waals surface area (Å²) < 4.78 is 1.39. The minimum Gasteiger partial charge on any atom is -0.269 e. The molecule has 0 radical (unpaired) electrons. The van der Waals surface area contributed by atoms with Gasteiger partial charge in [-0.2, -0.15) is 0 Å². The van der Waals surface area contributed by atoms with E-state index in [0.29, 0.717) is 10.8 Å². The first-order chi connectivity index (χ1) is 6.77. The molecule has 0 aliphatic rings. The van der Waals surface area contributed by atoms with Gasteiger partial charge >= 0.3 is 0 Å². The Bertz CT molecular complexity index is 492. The van der Waals surface area contributed by atoms with E-state index >= 15 is 0 Å². The summed E-state index contributed by atoms with van der Waals surface area (Å²) in [4.78, 5) is 19.1. The molecule has 0 amide bonds. The van der Waals surface area contributed by atoms with Crippen LogP contribution in [0.2, 0.25) is 5.15 Å². The van der Waals surface area contributed by atoms with Gasteiger partial charge in [0, 0.05) is 12.3 Å². The van der Waals surface area contributed by atoms with Crippen molar-refractivity contribution in [3.63, 3.8) is 0 Å². The SMILES string of the molecule is O=c1ccncn1-c1ccc(Cl)nc1. The van der Waals surface area contributed by atoms with Gasteiger partial charge in [0.15, 0.2) is 0 Å². The molecule has 2 heterocycles. The van der Waals surface area contributed by atoms with E-state index in [2.05, 4.69) is 9.97 Å². The third kappa shape index (κ3) is 1.65. The van der Waals surface area contributed by atoms with E-state index in [4.69, 9.17) is 11.6 Å². The van der Waals surface area contributed by atoms with E-state index in [-0.39, 0.29) is 5.56 Å². The van der Waals surface area contributed by atoms with Crippen LogP contribution in [0.1, 0.15) is 0 Å². The molecule has 0 fully saturated rings. The Morgan fingerprint density at radius 3 is 2.79 bits per heavy atom. The Kier molecular flexibility index (Phi) is 2.28. The summed E-state index contributed by atoms with van der Waals surface area (Å²) in [6.07, 6.45) is 4.40. The summed E-state index contributed by atoms with van der Waals surface area (Å²) in [5, 5.41) is 0.394. The zero-order valence-electron chi connectivity index (χ0n) is 7.09. The molecular weight excluding hydrogens is 202 g/mol. The highest BCUT2D eigenvalue weighted by atomic mass is 35.5. The normalized spacial score (nSPS) is 10.1. The number of rotatable bonds is 1. The molecule has 14 heavy (non-hydrogen) atoms. The van der Waals surface area contributed by atoms with Crippen molar-refractivity contribution in [3.8, 4) is 5.69 Å². The minimum atomic E-state index is -0.149. The molecule has 0 spiro atoms. The van der Waals surface area contributed by atoms with E-state index in [9.17, 15) is 4.79 Å². The molecule has 2 aromatic rings. The van der Waals surface area contributed by atoms with Gasteiger partial charge in [-0.15, -0.1) is 0 Å². The van der Waals surface area contributed by atoms with Crippen LogP contribution in [0.15, 0.2) is 41.7 Å². The molecule has 0 unspecified atom stereocenters. The van der Waals surface area contributed by atoms with Gasteiger partial charge in [0.1, 0.15) is 11.5 Å².